The van der Waals surface area contributed by atoms with Crippen LogP contribution in [0.3, 0.4) is 0 Å². The summed E-state index contributed by atoms with van der Waals surface area (Å²) in [5.41, 5.74) is 2.27. The molecule has 0 saturated heterocycles. The molecular weight excluding hydrogens is 260 g/mol. The maximum Gasteiger partial charge on any atom is 0.119 e. The lowest BCUT2D eigenvalue weighted by molar-refractivity contribution is -0.00000439. The minimum absolute atomic E-state index is 0. The maximum atomic E-state index is 5.47. The summed E-state index contributed by atoms with van der Waals surface area (Å²) in [7, 11) is 0. The number of nitrogens with zero attached hydrogens (tertiary/aromatic N) is 1. The van der Waals surface area contributed by atoms with Crippen LogP contribution in [0.2, 0.25) is 0 Å². The van der Waals surface area contributed by atoms with Crippen molar-refractivity contribution in [3.8, 4) is 5.75 Å². The summed E-state index contributed by atoms with van der Waals surface area (Å²) in [6.45, 7) is 4.29. The summed E-state index contributed by atoms with van der Waals surface area (Å²) in [4.78, 5) is 4.27. The molecule has 1 heterocycles. The maximum absolute atomic E-state index is 5.47. The highest BCUT2D eigenvalue weighted by Crippen LogP contribution is 2.13. The van der Waals surface area contributed by atoms with Crippen LogP contribution in [0.5, 0.6) is 5.75 Å². The fraction of sp³-hybridized carbons (Fsp3) is 0.267. The van der Waals surface area contributed by atoms with Crippen molar-refractivity contribution in [2.24, 2.45) is 0 Å². The van der Waals surface area contributed by atoms with E-state index in [4.69, 9.17) is 4.74 Å². The Kier molecular flexibility index (Phi) is 6.93. The first-order chi connectivity index (χ1) is 8.88. The van der Waals surface area contributed by atoms with Gasteiger partial charge in [0.1, 0.15) is 5.75 Å². The summed E-state index contributed by atoms with van der Waals surface area (Å²) >= 11 is 0. The number of hydrogen-bond donors (Lipinski definition) is 1. The van der Waals surface area contributed by atoms with E-state index in [-0.39, 0.29) is 12.4 Å². The first-order valence-electron chi connectivity index (χ1n) is 6.21. The Morgan fingerprint density at radius 1 is 1.11 bits per heavy atom. The number of halogens is 1. The van der Waals surface area contributed by atoms with Gasteiger partial charge in [0, 0.05) is 19.3 Å². The zero-order valence-electron chi connectivity index (χ0n) is 11.0. The van der Waals surface area contributed by atoms with Gasteiger partial charge in [-0.1, -0.05) is 18.2 Å². The first kappa shape index (κ1) is 15.5. The van der Waals surface area contributed by atoms with Gasteiger partial charge < -0.3 is 22.5 Å². The molecule has 3 nitrogen and oxygen atoms in total. The summed E-state index contributed by atoms with van der Waals surface area (Å²) in [5.74, 6) is 0.926. The van der Waals surface area contributed by atoms with E-state index >= 15 is 0 Å². The highest BCUT2D eigenvalue weighted by atomic mass is 35.5. The number of hydrogen-bond acceptors (Lipinski definition) is 3. The van der Waals surface area contributed by atoms with Crippen molar-refractivity contribution in [3.05, 3.63) is 59.9 Å². The van der Waals surface area contributed by atoms with Crippen LogP contribution in [-0.4, -0.2) is 11.6 Å². The van der Waals surface area contributed by atoms with Crippen molar-refractivity contribution < 1.29 is 17.1 Å². The number of aromatic nitrogens is 1. The second kappa shape index (κ2) is 8.51. The van der Waals surface area contributed by atoms with Gasteiger partial charge in [-0.25, -0.2) is 0 Å². The van der Waals surface area contributed by atoms with E-state index in [1.54, 1.807) is 0 Å². The molecule has 2 aromatic rings. The van der Waals surface area contributed by atoms with Crippen LogP contribution < -0.4 is 22.5 Å². The Bertz CT molecular complexity index is 477. The molecule has 19 heavy (non-hydrogen) atoms. The van der Waals surface area contributed by atoms with Gasteiger partial charge in [-0.3, -0.25) is 4.98 Å². The largest absolute Gasteiger partial charge is 1.00 e. The normalized spacial score (nSPS) is 9.74. The minimum Gasteiger partial charge on any atom is -1.00 e. The molecule has 0 radical (unpaired) electrons. The molecular formula is C15H18ClN2O-. The van der Waals surface area contributed by atoms with Gasteiger partial charge in [0.15, 0.2) is 0 Å². The number of ether oxygens (including phenoxy) is 1. The van der Waals surface area contributed by atoms with Gasteiger partial charge in [-0.2, -0.15) is 0 Å². The number of nitrogens with one attached hydrogen (secondary N) is 1. The fourth-order valence-corrected chi connectivity index (χ4v) is 1.75. The molecule has 0 bridgehead atoms. The summed E-state index contributed by atoms with van der Waals surface area (Å²) in [5, 5.41) is 3.37. The van der Waals surface area contributed by atoms with Gasteiger partial charge in [0.05, 0.1) is 12.3 Å². The van der Waals surface area contributed by atoms with Crippen molar-refractivity contribution in [2.45, 2.75) is 20.0 Å². The molecule has 102 valence electrons. The van der Waals surface area contributed by atoms with Crippen molar-refractivity contribution in [3.63, 3.8) is 0 Å². The third kappa shape index (κ3) is 5.28. The van der Waals surface area contributed by atoms with Crippen molar-refractivity contribution >= 4 is 0 Å². The summed E-state index contributed by atoms with van der Waals surface area (Å²) in [6, 6.07) is 14.1. The third-order valence-electron chi connectivity index (χ3n) is 2.57. The molecule has 2 rings (SSSR count). The lowest BCUT2D eigenvalue weighted by Gasteiger charge is -2.07. The topological polar surface area (TPSA) is 34.1 Å². The van der Waals surface area contributed by atoms with Crippen LogP contribution in [-0.2, 0) is 13.1 Å². The molecule has 0 fully saturated rings. The summed E-state index contributed by atoms with van der Waals surface area (Å²) in [6.07, 6.45) is 1.81. The molecule has 0 saturated carbocycles. The standard InChI is InChI=1S/C15H18N2O.ClH/c1-2-18-15-8-5-6-13(10-15)11-16-12-14-7-3-4-9-17-14;/h3-10,16H,2,11-12H2,1H3;1H/p-1. The van der Waals surface area contributed by atoms with Crippen LogP contribution >= 0.6 is 0 Å². The third-order valence-corrected chi connectivity index (χ3v) is 2.57. The average Bonchev–Trinajstić information content (AvgIpc) is 2.41. The first-order valence-corrected chi connectivity index (χ1v) is 6.21. The van der Waals surface area contributed by atoms with Crippen molar-refractivity contribution in [2.75, 3.05) is 6.61 Å². The van der Waals surface area contributed by atoms with Crippen LogP contribution in [0.1, 0.15) is 18.2 Å². The molecule has 0 unspecified atom stereocenters. The van der Waals surface area contributed by atoms with E-state index in [1.165, 1.54) is 5.56 Å². The molecule has 1 N–H and O–H groups in total. The average molecular weight is 278 g/mol. The minimum atomic E-state index is 0. The Hall–Kier alpha value is -1.58. The highest BCUT2D eigenvalue weighted by Gasteiger charge is 1.97. The molecule has 0 amide bonds. The van der Waals surface area contributed by atoms with E-state index < -0.39 is 0 Å². The predicted octanol–water partition coefficient (Wildman–Crippen LogP) is -0.226. The Labute approximate surface area is 120 Å². The summed E-state index contributed by atoms with van der Waals surface area (Å²) < 4.78 is 5.47. The monoisotopic (exact) mass is 277 g/mol. The molecule has 0 aliphatic carbocycles. The molecule has 1 aromatic heterocycles. The van der Waals surface area contributed by atoms with Gasteiger partial charge in [0.25, 0.3) is 0 Å². The van der Waals surface area contributed by atoms with Crippen molar-refractivity contribution in [1.82, 2.24) is 10.3 Å². The number of benzene rings is 1. The SMILES string of the molecule is CCOc1cccc(CNCc2ccccn2)c1.[Cl-]. The number of rotatable bonds is 6. The smallest absolute Gasteiger partial charge is 0.119 e. The van der Waals surface area contributed by atoms with Gasteiger partial charge in [0.2, 0.25) is 0 Å². The lowest BCUT2D eigenvalue weighted by Crippen LogP contribution is -3.00. The van der Waals surface area contributed by atoms with Gasteiger partial charge >= 0.3 is 0 Å². The van der Waals surface area contributed by atoms with Gasteiger partial charge in [-0.05, 0) is 36.8 Å². The van der Waals surface area contributed by atoms with Crippen LogP contribution in [0, 0.1) is 0 Å². The molecule has 4 heteroatoms. The van der Waals surface area contributed by atoms with E-state index in [0.717, 1.165) is 24.5 Å². The second-order valence-electron chi connectivity index (χ2n) is 4.01. The quantitative estimate of drug-likeness (QED) is 0.792. The number of pyridine rings is 1. The lowest BCUT2D eigenvalue weighted by atomic mass is 10.2. The van der Waals surface area contributed by atoms with Crippen LogP contribution in [0.15, 0.2) is 48.7 Å². The van der Waals surface area contributed by atoms with E-state index in [1.807, 2.05) is 43.5 Å². The van der Waals surface area contributed by atoms with Gasteiger partial charge in [-0.15, -0.1) is 0 Å². The Balaban J connectivity index is 0.00000180. The zero-order valence-corrected chi connectivity index (χ0v) is 11.7. The Morgan fingerprint density at radius 2 is 2.00 bits per heavy atom. The van der Waals surface area contributed by atoms with E-state index in [2.05, 4.69) is 22.4 Å². The van der Waals surface area contributed by atoms with Crippen molar-refractivity contribution in [1.29, 1.82) is 0 Å². The Morgan fingerprint density at radius 3 is 2.74 bits per heavy atom. The molecule has 1 aromatic carbocycles. The zero-order chi connectivity index (χ0) is 12.6. The predicted molar refractivity (Wildman–Crippen MR) is 72.4 cm³/mol. The van der Waals surface area contributed by atoms with Crippen LogP contribution in [0.4, 0.5) is 0 Å². The molecule has 0 spiro atoms. The van der Waals surface area contributed by atoms with Crippen LogP contribution in [0.25, 0.3) is 0 Å². The molecule has 0 aliphatic heterocycles. The molecule has 0 aliphatic rings. The fourth-order valence-electron chi connectivity index (χ4n) is 1.75. The van der Waals surface area contributed by atoms with E-state index in [0.29, 0.717) is 6.61 Å². The van der Waals surface area contributed by atoms with E-state index in [9.17, 15) is 0 Å². The molecule has 0 atom stereocenters. The highest BCUT2D eigenvalue weighted by molar-refractivity contribution is 5.28. The second-order valence-corrected chi connectivity index (χ2v) is 4.01.